The van der Waals surface area contributed by atoms with Crippen LogP contribution in [0.25, 0.3) is 0 Å². The quantitative estimate of drug-likeness (QED) is 0.807. The van der Waals surface area contributed by atoms with E-state index in [2.05, 4.69) is 34.7 Å². The molecule has 118 valence electrons. The monoisotopic (exact) mass is 360 g/mol. The molecule has 1 fully saturated rings. The van der Waals surface area contributed by atoms with Gasteiger partial charge in [0.1, 0.15) is 11.6 Å². The molecule has 1 saturated heterocycles. The van der Waals surface area contributed by atoms with Crippen LogP contribution in [0.5, 0.6) is 0 Å². The van der Waals surface area contributed by atoms with Crippen LogP contribution in [0.15, 0.2) is 16.6 Å². The SMILES string of the molecule is CCC(C)(C(N)Cc1c(F)ccc(Br)c1F)N1CCCC1. The number of hydrogen-bond donors (Lipinski definition) is 1. The number of rotatable bonds is 5. The molecule has 1 aliphatic rings. The predicted octanol–water partition coefficient (Wildman–Crippen LogP) is 3.86. The van der Waals surface area contributed by atoms with Gasteiger partial charge < -0.3 is 5.73 Å². The topological polar surface area (TPSA) is 29.3 Å². The first-order valence-electron chi connectivity index (χ1n) is 7.53. The minimum atomic E-state index is -0.537. The molecular formula is C16H23BrF2N2. The van der Waals surface area contributed by atoms with E-state index < -0.39 is 11.6 Å². The van der Waals surface area contributed by atoms with Crippen LogP contribution in [0, 0.1) is 11.6 Å². The maximum absolute atomic E-state index is 14.1. The fourth-order valence-corrected chi connectivity index (χ4v) is 3.52. The Bertz CT molecular complexity index is 503. The second-order valence-corrected chi connectivity index (χ2v) is 6.89. The van der Waals surface area contributed by atoms with Crippen molar-refractivity contribution in [1.82, 2.24) is 4.90 Å². The molecule has 0 spiro atoms. The molecule has 1 heterocycles. The van der Waals surface area contributed by atoms with Crippen molar-refractivity contribution in [3.05, 3.63) is 33.8 Å². The zero-order chi connectivity index (χ0) is 15.6. The summed E-state index contributed by atoms with van der Waals surface area (Å²) in [5.74, 6) is -1.06. The summed E-state index contributed by atoms with van der Waals surface area (Å²) >= 11 is 3.11. The number of likely N-dealkylation sites (tertiary alicyclic amines) is 1. The smallest absolute Gasteiger partial charge is 0.143 e. The Kier molecular flexibility index (Phi) is 5.38. The van der Waals surface area contributed by atoms with Crippen LogP contribution in [0.2, 0.25) is 0 Å². The third-order valence-corrected chi connectivity index (χ3v) is 5.52. The van der Waals surface area contributed by atoms with Crippen LogP contribution in [-0.4, -0.2) is 29.6 Å². The predicted molar refractivity (Wildman–Crippen MR) is 85.2 cm³/mol. The number of benzene rings is 1. The molecule has 0 bridgehead atoms. The lowest BCUT2D eigenvalue weighted by Crippen LogP contribution is -2.57. The molecule has 2 N–H and O–H groups in total. The summed E-state index contributed by atoms with van der Waals surface area (Å²) in [6.07, 6.45) is 3.41. The summed E-state index contributed by atoms with van der Waals surface area (Å²) in [4.78, 5) is 2.37. The van der Waals surface area contributed by atoms with Gasteiger partial charge in [-0.2, -0.15) is 0 Å². The van der Waals surface area contributed by atoms with Crippen molar-refractivity contribution in [2.24, 2.45) is 5.73 Å². The number of hydrogen-bond acceptors (Lipinski definition) is 2. The number of nitrogens with zero attached hydrogens (tertiary/aromatic N) is 1. The molecule has 2 atom stereocenters. The van der Waals surface area contributed by atoms with Crippen molar-refractivity contribution in [3.63, 3.8) is 0 Å². The van der Waals surface area contributed by atoms with Crippen molar-refractivity contribution in [2.45, 2.75) is 51.1 Å². The summed E-state index contributed by atoms with van der Waals surface area (Å²) in [5, 5.41) is 0. The molecule has 2 unspecified atom stereocenters. The maximum Gasteiger partial charge on any atom is 0.143 e. The van der Waals surface area contributed by atoms with Crippen molar-refractivity contribution in [1.29, 1.82) is 0 Å². The van der Waals surface area contributed by atoms with Crippen molar-refractivity contribution < 1.29 is 8.78 Å². The van der Waals surface area contributed by atoms with E-state index in [0.29, 0.717) is 0 Å². The van der Waals surface area contributed by atoms with Crippen LogP contribution in [-0.2, 0) is 6.42 Å². The van der Waals surface area contributed by atoms with Gasteiger partial charge in [0, 0.05) is 17.1 Å². The van der Waals surface area contributed by atoms with Gasteiger partial charge in [0.25, 0.3) is 0 Å². The van der Waals surface area contributed by atoms with Gasteiger partial charge in [-0.25, -0.2) is 8.78 Å². The summed E-state index contributed by atoms with van der Waals surface area (Å²) in [7, 11) is 0. The number of nitrogens with two attached hydrogens (primary N) is 1. The Morgan fingerprint density at radius 1 is 1.33 bits per heavy atom. The molecule has 21 heavy (non-hydrogen) atoms. The normalized spacial score (nSPS) is 20.5. The van der Waals surface area contributed by atoms with Gasteiger partial charge in [-0.05, 0) is 73.8 Å². The zero-order valence-electron chi connectivity index (χ0n) is 12.6. The van der Waals surface area contributed by atoms with Gasteiger partial charge in [-0.3, -0.25) is 4.90 Å². The summed E-state index contributed by atoms with van der Waals surface area (Å²) in [6, 6.07) is 2.37. The van der Waals surface area contributed by atoms with Crippen LogP contribution in [0.1, 0.15) is 38.7 Å². The molecule has 0 aliphatic carbocycles. The van der Waals surface area contributed by atoms with E-state index in [9.17, 15) is 8.78 Å². The molecule has 2 nitrogen and oxygen atoms in total. The highest BCUT2D eigenvalue weighted by Crippen LogP contribution is 2.30. The van der Waals surface area contributed by atoms with E-state index in [4.69, 9.17) is 5.73 Å². The molecule has 0 radical (unpaired) electrons. The first-order chi connectivity index (χ1) is 9.90. The van der Waals surface area contributed by atoms with Crippen molar-refractivity contribution in [3.8, 4) is 0 Å². The summed E-state index contributed by atoms with van der Waals surface area (Å²) < 4.78 is 28.3. The first kappa shape index (κ1) is 16.8. The molecular weight excluding hydrogens is 338 g/mol. The fourth-order valence-electron chi connectivity index (χ4n) is 3.14. The van der Waals surface area contributed by atoms with E-state index in [1.165, 1.54) is 25.0 Å². The van der Waals surface area contributed by atoms with Crippen LogP contribution in [0.3, 0.4) is 0 Å². The Morgan fingerprint density at radius 3 is 2.52 bits per heavy atom. The Labute approximate surface area is 133 Å². The van der Waals surface area contributed by atoms with Crippen LogP contribution in [0.4, 0.5) is 8.78 Å². The van der Waals surface area contributed by atoms with Gasteiger partial charge >= 0.3 is 0 Å². The molecule has 1 aromatic carbocycles. The standard InChI is InChI=1S/C16H23BrF2N2/c1-3-16(2,21-8-4-5-9-21)14(20)10-11-13(18)7-6-12(17)15(11)19/h6-7,14H,3-5,8-10,20H2,1-2H3. The Morgan fingerprint density at radius 2 is 1.95 bits per heavy atom. The van der Waals surface area contributed by atoms with Crippen LogP contribution >= 0.6 is 15.9 Å². The lowest BCUT2D eigenvalue weighted by atomic mass is 9.84. The molecule has 0 amide bonds. The van der Waals surface area contributed by atoms with E-state index in [1.54, 1.807) is 0 Å². The second-order valence-electron chi connectivity index (χ2n) is 6.04. The minimum Gasteiger partial charge on any atom is -0.326 e. The average Bonchev–Trinajstić information content (AvgIpc) is 3.01. The summed E-state index contributed by atoms with van der Waals surface area (Å²) in [5.41, 5.74) is 6.23. The highest BCUT2D eigenvalue weighted by molar-refractivity contribution is 9.10. The van der Waals surface area contributed by atoms with Gasteiger partial charge in [0.15, 0.2) is 0 Å². The molecule has 0 aromatic heterocycles. The number of halogens is 3. The first-order valence-corrected chi connectivity index (χ1v) is 8.32. The van der Waals surface area contributed by atoms with Gasteiger partial charge in [-0.15, -0.1) is 0 Å². The third kappa shape index (κ3) is 3.30. The van der Waals surface area contributed by atoms with Gasteiger partial charge in [0.2, 0.25) is 0 Å². The highest BCUT2D eigenvalue weighted by Gasteiger charge is 2.38. The molecule has 1 aromatic rings. The lowest BCUT2D eigenvalue weighted by Gasteiger charge is -2.43. The second kappa shape index (κ2) is 6.71. The van der Waals surface area contributed by atoms with E-state index in [-0.39, 0.29) is 28.0 Å². The van der Waals surface area contributed by atoms with Crippen molar-refractivity contribution >= 4 is 15.9 Å². The molecule has 1 aliphatic heterocycles. The highest BCUT2D eigenvalue weighted by atomic mass is 79.9. The summed E-state index contributed by atoms with van der Waals surface area (Å²) in [6.45, 7) is 6.23. The maximum atomic E-state index is 14.1. The average molecular weight is 361 g/mol. The van der Waals surface area contributed by atoms with Gasteiger partial charge in [0.05, 0.1) is 4.47 Å². The molecule has 2 rings (SSSR count). The van der Waals surface area contributed by atoms with E-state index in [1.807, 2.05) is 0 Å². The van der Waals surface area contributed by atoms with Gasteiger partial charge in [-0.1, -0.05) is 6.92 Å². The van der Waals surface area contributed by atoms with E-state index >= 15 is 0 Å². The zero-order valence-corrected chi connectivity index (χ0v) is 14.2. The Balaban J connectivity index is 2.23. The Hall–Kier alpha value is -0.520. The minimum absolute atomic E-state index is 0.0794. The van der Waals surface area contributed by atoms with E-state index in [0.717, 1.165) is 19.5 Å². The lowest BCUT2D eigenvalue weighted by molar-refractivity contribution is 0.0992. The van der Waals surface area contributed by atoms with Crippen LogP contribution < -0.4 is 5.73 Å². The third-order valence-electron chi connectivity index (χ3n) is 4.91. The van der Waals surface area contributed by atoms with Crippen molar-refractivity contribution in [2.75, 3.05) is 13.1 Å². The molecule has 5 heteroatoms. The largest absolute Gasteiger partial charge is 0.326 e. The fraction of sp³-hybridized carbons (Fsp3) is 0.625. The molecule has 0 saturated carbocycles.